The fraction of sp³-hybridized carbons (Fsp3) is 0.0667. The lowest BCUT2D eigenvalue weighted by atomic mass is 9.92. The third-order valence-corrected chi connectivity index (χ3v) is 4.54. The lowest BCUT2D eigenvalue weighted by Gasteiger charge is -2.15. The fourth-order valence-electron chi connectivity index (χ4n) is 2.51. The molecule has 0 N–H and O–H groups in total. The van der Waals surface area contributed by atoms with Crippen LogP contribution >= 0.6 is 11.8 Å². The number of rotatable bonds is 0. The van der Waals surface area contributed by atoms with Crippen molar-refractivity contribution in [2.24, 2.45) is 0 Å². The maximum Gasteiger partial charge on any atom is 0.0540 e. The molecule has 1 aromatic rings. The highest BCUT2D eigenvalue weighted by atomic mass is 32.2. The van der Waals surface area contributed by atoms with E-state index in [9.17, 15) is 0 Å². The molecule has 0 saturated carbocycles. The summed E-state index contributed by atoms with van der Waals surface area (Å²) in [5.74, 6) is 0. The van der Waals surface area contributed by atoms with E-state index in [1.807, 2.05) is 11.8 Å². The number of hydrogen-bond donors (Lipinski definition) is 0. The number of thioether (sulfide) groups is 1. The smallest absolute Gasteiger partial charge is 0.0540 e. The number of fused-ring (bicyclic) bond motifs is 4. The van der Waals surface area contributed by atoms with Crippen LogP contribution in [0, 0.1) is 0 Å². The molecule has 2 aliphatic carbocycles. The van der Waals surface area contributed by atoms with Crippen LogP contribution in [0.4, 0.5) is 0 Å². The van der Waals surface area contributed by atoms with Crippen molar-refractivity contribution >= 4 is 17.3 Å². The lowest BCUT2D eigenvalue weighted by molar-refractivity contribution is 1.34. The minimum Gasteiger partial charge on any atom is -0.113 e. The highest BCUT2D eigenvalue weighted by Crippen LogP contribution is 2.49. The van der Waals surface area contributed by atoms with E-state index in [0.717, 1.165) is 0 Å². The van der Waals surface area contributed by atoms with Crippen LogP contribution in [-0.4, -0.2) is 5.25 Å². The Bertz CT molecular complexity index is 600. The molecule has 0 saturated heterocycles. The van der Waals surface area contributed by atoms with Crippen molar-refractivity contribution in [2.75, 3.05) is 0 Å². The van der Waals surface area contributed by atoms with E-state index in [0.29, 0.717) is 5.25 Å². The van der Waals surface area contributed by atoms with Gasteiger partial charge in [-0.15, -0.1) is 11.8 Å². The predicted molar refractivity (Wildman–Crippen MR) is 69.4 cm³/mol. The normalized spacial score (nSPS) is 24.2. The van der Waals surface area contributed by atoms with E-state index >= 15 is 0 Å². The average molecular weight is 222 g/mol. The first kappa shape index (κ1) is 8.66. The van der Waals surface area contributed by atoms with E-state index in [-0.39, 0.29) is 0 Å². The second-order valence-electron chi connectivity index (χ2n) is 4.24. The molecular formula is C15H10S. The summed E-state index contributed by atoms with van der Waals surface area (Å²) in [4.78, 5) is 1.42. The second-order valence-corrected chi connectivity index (χ2v) is 5.42. The largest absolute Gasteiger partial charge is 0.113 e. The summed E-state index contributed by atoms with van der Waals surface area (Å²) in [5, 5.41) is 0.521. The molecule has 0 amide bonds. The Hall–Kier alpha value is -1.47. The van der Waals surface area contributed by atoms with Crippen LogP contribution in [0.2, 0.25) is 0 Å². The number of benzene rings is 1. The van der Waals surface area contributed by atoms with E-state index in [1.54, 1.807) is 0 Å². The summed E-state index contributed by atoms with van der Waals surface area (Å²) < 4.78 is 0. The Morgan fingerprint density at radius 3 is 3.00 bits per heavy atom. The minimum absolute atomic E-state index is 0.521. The first-order chi connectivity index (χ1) is 7.92. The summed E-state index contributed by atoms with van der Waals surface area (Å²) in [6.45, 7) is 0. The van der Waals surface area contributed by atoms with Gasteiger partial charge in [0.25, 0.3) is 0 Å². The van der Waals surface area contributed by atoms with Gasteiger partial charge in [-0.2, -0.15) is 0 Å². The summed E-state index contributed by atoms with van der Waals surface area (Å²) in [6, 6.07) is 8.70. The topological polar surface area (TPSA) is 0 Å². The van der Waals surface area contributed by atoms with E-state index in [1.165, 1.54) is 27.2 Å². The van der Waals surface area contributed by atoms with Crippen LogP contribution in [0.5, 0.6) is 0 Å². The molecule has 1 unspecified atom stereocenters. The van der Waals surface area contributed by atoms with E-state index in [2.05, 4.69) is 54.6 Å². The zero-order valence-electron chi connectivity index (χ0n) is 8.68. The molecule has 0 nitrogen and oxygen atoms in total. The molecule has 0 spiro atoms. The van der Waals surface area contributed by atoms with Crippen LogP contribution in [0.1, 0.15) is 5.56 Å². The third-order valence-electron chi connectivity index (χ3n) is 3.29. The molecule has 0 bridgehead atoms. The predicted octanol–water partition coefficient (Wildman–Crippen LogP) is 3.98. The van der Waals surface area contributed by atoms with E-state index in [4.69, 9.17) is 0 Å². The molecule has 76 valence electrons. The summed E-state index contributed by atoms with van der Waals surface area (Å²) in [6.07, 6.45) is 11.3. The van der Waals surface area contributed by atoms with Crippen molar-refractivity contribution in [3.63, 3.8) is 0 Å². The van der Waals surface area contributed by atoms with Crippen LogP contribution in [0.25, 0.3) is 5.57 Å². The molecule has 0 radical (unpaired) electrons. The standard InChI is InChI=1S/C15H10S/c1-2-7-14-12(6-1)13-8-10-4-3-5-11(10)9-15(13)16-14/h1-9,15H. The zero-order valence-corrected chi connectivity index (χ0v) is 9.50. The Labute approximate surface area is 99.1 Å². The van der Waals surface area contributed by atoms with Crippen molar-refractivity contribution in [2.45, 2.75) is 10.1 Å². The van der Waals surface area contributed by atoms with Gasteiger partial charge < -0.3 is 0 Å². The van der Waals surface area contributed by atoms with Gasteiger partial charge >= 0.3 is 0 Å². The van der Waals surface area contributed by atoms with Gasteiger partial charge in [0.15, 0.2) is 0 Å². The summed E-state index contributed by atoms with van der Waals surface area (Å²) in [5.41, 5.74) is 5.64. The molecule has 16 heavy (non-hydrogen) atoms. The quantitative estimate of drug-likeness (QED) is 0.639. The monoisotopic (exact) mass is 222 g/mol. The highest BCUT2D eigenvalue weighted by molar-refractivity contribution is 8.01. The highest BCUT2D eigenvalue weighted by Gasteiger charge is 2.29. The molecule has 3 aliphatic rings. The van der Waals surface area contributed by atoms with Gasteiger partial charge in [-0.05, 0) is 34.4 Å². The van der Waals surface area contributed by atoms with Gasteiger partial charge in [-0.3, -0.25) is 0 Å². The molecule has 1 aromatic carbocycles. The molecule has 0 aromatic heterocycles. The Morgan fingerprint density at radius 1 is 1.06 bits per heavy atom. The molecule has 1 aliphatic heterocycles. The fourth-order valence-corrected chi connectivity index (χ4v) is 3.79. The van der Waals surface area contributed by atoms with Gasteiger partial charge in [0.2, 0.25) is 0 Å². The van der Waals surface area contributed by atoms with Gasteiger partial charge in [0, 0.05) is 4.90 Å². The maximum atomic E-state index is 2.38. The van der Waals surface area contributed by atoms with Crippen molar-refractivity contribution in [1.29, 1.82) is 0 Å². The third kappa shape index (κ3) is 1.07. The van der Waals surface area contributed by atoms with Crippen molar-refractivity contribution < 1.29 is 0 Å². The first-order valence-electron chi connectivity index (χ1n) is 5.50. The summed E-state index contributed by atoms with van der Waals surface area (Å²) >= 11 is 1.96. The zero-order chi connectivity index (χ0) is 10.5. The average Bonchev–Trinajstić information content (AvgIpc) is 2.88. The van der Waals surface area contributed by atoms with Crippen LogP contribution in [-0.2, 0) is 0 Å². The molecule has 4 rings (SSSR count). The Kier molecular flexibility index (Phi) is 1.63. The van der Waals surface area contributed by atoms with Crippen molar-refractivity contribution in [1.82, 2.24) is 0 Å². The van der Waals surface area contributed by atoms with Crippen LogP contribution in [0.15, 0.2) is 70.7 Å². The molecule has 1 heterocycles. The Balaban J connectivity index is 1.92. The summed E-state index contributed by atoms with van der Waals surface area (Å²) in [7, 11) is 0. The van der Waals surface area contributed by atoms with Crippen LogP contribution < -0.4 is 0 Å². The lowest BCUT2D eigenvalue weighted by Crippen LogP contribution is -2.02. The van der Waals surface area contributed by atoms with Gasteiger partial charge in [-0.1, -0.05) is 42.5 Å². The van der Waals surface area contributed by atoms with Crippen LogP contribution in [0.3, 0.4) is 0 Å². The molecular weight excluding hydrogens is 212 g/mol. The van der Waals surface area contributed by atoms with Gasteiger partial charge in [0.1, 0.15) is 0 Å². The number of hydrogen-bond acceptors (Lipinski definition) is 1. The van der Waals surface area contributed by atoms with Gasteiger partial charge in [0.05, 0.1) is 5.25 Å². The number of allylic oxidation sites excluding steroid dienone is 6. The first-order valence-corrected chi connectivity index (χ1v) is 6.38. The van der Waals surface area contributed by atoms with Crippen molar-refractivity contribution in [3.05, 3.63) is 71.4 Å². The molecule has 0 fully saturated rings. The SMILES string of the molecule is C1=CC2=CC3Sc4ccccc4C3=CC2=C1. The van der Waals surface area contributed by atoms with Gasteiger partial charge in [-0.25, -0.2) is 0 Å². The maximum absolute atomic E-state index is 2.38. The molecule has 1 atom stereocenters. The minimum atomic E-state index is 0.521. The van der Waals surface area contributed by atoms with Crippen molar-refractivity contribution in [3.8, 4) is 0 Å². The van der Waals surface area contributed by atoms with E-state index < -0.39 is 0 Å². The Morgan fingerprint density at radius 2 is 2.00 bits per heavy atom. The molecule has 1 heteroatoms. The second kappa shape index (κ2) is 3.02.